The van der Waals surface area contributed by atoms with Gasteiger partial charge in [0.15, 0.2) is 0 Å². The molecule has 0 saturated carbocycles. The van der Waals surface area contributed by atoms with Crippen LogP contribution >= 0.6 is 11.3 Å². The van der Waals surface area contributed by atoms with Gasteiger partial charge in [-0.25, -0.2) is 4.79 Å². The van der Waals surface area contributed by atoms with Crippen molar-refractivity contribution in [3.63, 3.8) is 0 Å². The molecule has 2 amide bonds. The molecule has 0 spiro atoms. The van der Waals surface area contributed by atoms with Crippen molar-refractivity contribution < 1.29 is 4.79 Å². The Bertz CT molecular complexity index is 673. The summed E-state index contributed by atoms with van der Waals surface area (Å²) in [5, 5.41) is 8.14. The highest BCUT2D eigenvalue weighted by atomic mass is 32.1. The van der Waals surface area contributed by atoms with Crippen LogP contribution in [-0.2, 0) is 13.0 Å². The van der Waals surface area contributed by atoms with Crippen LogP contribution in [0, 0.1) is 0 Å². The zero-order valence-electron chi connectivity index (χ0n) is 14.2. The lowest BCUT2D eigenvalue weighted by atomic mass is 10.1. The molecule has 0 bridgehead atoms. The number of thiophene rings is 1. The summed E-state index contributed by atoms with van der Waals surface area (Å²) in [7, 11) is 0. The topological polar surface area (TPSA) is 57.3 Å². The summed E-state index contributed by atoms with van der Waals surface area (Å²) in [4.78, 5) is 20.1. The van der Waals surface area contributed by atoms with E-state index < -0.39 is 0 Å². The second kappa shape index (κ2) is 7.77. The average molecular weight is 344 g/mol. The average Bonchev–Trinajstić information content (AvgIpc) is 3.08. The third-order valence-corrected chi connectivity index (χ3v) is 5.60. The second-order valence-electron chi connectivity index (χ2n) is 6.30. The quantitative estimate of drug-likeness (QED) is 0.877. The van der Waals surface area contributed by atoms with E-state index >= 15 is 0 Å². The molecule has 5 nitrogen and oxygen atoms in total. The number of fused-ring (bicyclic) bond motifs is 1. The first-order valence-corrected chi connectivity index (χ1v) is 9.25. The lowest BCUT2D eigenvalue weighted by Crippen LogP contribution is -2.46. The van der Waals surface area contributed by atoms with E-state index in [1.165, 1.54) is 10.4 Å². The molecule has 0 radical (unpaired) electrons. The van der Waals surface area contributed by atoms with E-state index in [1.54, 1.807) is 12.4 Å². The SMILES string of the molecule is C[C@H](NC(=O)NC[C@H](C)N1CCc2sccc2C1)c1ccncc1. The fraction of sp³-hybridized carbons (Fsp3) is 0.444. The van der Waals surface area contributed by atoms with Crippen molar-refractivity contribution in [3.8, 4) is 0 Å². The van der Waals surface area contributed by atoms with Crippen LogP contribution in [0.1, 0.15) is 35.9 Å². The smallest absolute Gasteiger partial charge is 0.315 e. The van der Waals surface area contributed by atoms with Gasteiger partial charge in [-0.2, -0.15) is 0 Å². The second-order valence-corrected chi connectivity index (χ2v) is 7.30. The highest BCUT2D eigenvalue weighted by Gasteiger charge is 2.21. The number of carbonyl (C=O) groups excluding carboxylic acids is 1. The van der Waals surface area contributed by atoms with Gasteiger partial charge >= 0.3 is 6.03 Å². The molecule has 0 aliphatic carbocycles. The summed E-state index contributed by atoms with van der Waals surface area (Å²) in [6.45, 7) is 6.83. The molecule has 6 heteroatoms. The summed E-state index contributed by atoms with van der Waals surface area (Å²) < 4.78 is 0. The number of aromatic nitrogens is 1. The Kier molecular flexibility index (Phi) is 5.48. The van der Waals surface area contributed by atoms with E-state index in [9.17, 15) is 4.79 Å². The van der Waals surface area contributed by atoms with E-state index in [-0.39, 0.29) is 12.1 Å². The van der Waals surface area contributed by atoms with Crippen LogP contribution in [0.25, 0.3) is 0 Å². The van der Waals surface area contributed by atoms with Crippen LogP contribution in [0.15, 0.2) is 36.0 Å². The summed E-state index contributed by atoms with van der Waals surface area (Å²) in [6.07, 6.45) is 4.59. The van der Waals surface area contributed by atoms with Crippen molar-refractivity contribution in [2.24, 2.45) is 0 Å². The van der Waals surface area contributed by atoms with Crippen molar-refractivity contribution in [2.45, 2.75) is 38.9 Å². The Hall–Kier alpha value is -1.92. The minimum absolute atomic E-state index is 0.0355. The number of carbonyl (C=O) groups is 1. The molecule has 1 aliphatic rings. The van der Waals surface area contributed by atoms with Gasteiger partial charge in [0, 0.05) is 42.9 Å². The van der Waals surface area contributed by atoms with E-state index in [0.717, 1.165) is 25.1 Å². The standard InChI is InChI=1S/C18H24N4OS/c1-13(22-9-5-17-16(12-22)6-10-24-17)11-20-18(23)21-14(2)15-3-7-19-8-4-15/h3-4,6-8,10,13-14H,5,9,11-12H2,1-2H3,(H2,20,21,23)/t13-,14-/m0/s1. The highest BCUT2D eigenvalue weighted by molar-refractivity contribution is 7.10. The van der Waals surface area contributed by atoms with Gasteiger partial charge in [-0.3, -0.25) is 9.88 Å². The molecule has 2 N–H and O–H groups in total. The molecule has 0 unspecified atom stereocenters. The minimum atomic E-state index is -0.126. The number of rotatable bonds is 5. The minimum Gasteiger partial charge on any atom is -0.337 e. The Morgan fingerprint density at radius 1 is 1.33 bits per heavy atom. The van der Waals surface area contributed by atoms with Crippen LogP contribution in [0.3, 0.4) is 0 Å². The van der Waals surface area contributed by atoms with Crippen LogP contribution in [-0.4, -0.2) is 35.0 Å². The Morgan fingerprint density at radius 3 is 2.92 bits per heavy atom. The fourth-order valence-corrected chi connectivity index (χ4v) is 3.89. The number of urea groups is 1. The first-order valence-electron chi connectivity index (χ1n) is 8.37. The van der Waals surface area contributed by atoms with Crippen LogP contribution in [0.4, 0.5) is 4.79 Å². The predicted molar refractivity (Wildman–Crippen MR) is 97.1 cm³/mol. The lowest BCUT2D eigenvalue weighted by Gasteiger charge is -2.32. The van der Waals surface area contributed by atoms with Gasteiger partial charge in [0.1, 0.15) is 0 Å². The van der Waals surface area contributed by atoms with Crippen LogP contribution < -0.4 is 10.6 Å². The molecule has 0 fully saturated rings. The van der Waals surface area contributed by atoms with Gasteiger partial charge in [-0.05, 0) is 55.0 Å². The van der Waals surface area contributed by atoms with Gasteiger partial charge in [0.05, 0.1) is 6.04 Å². The first-order chi connectivity index (χ1) is 11.6. The third kappa shape index (κ3) is 4.13. The maximum absolute atomic E-state index is 12.1. The largest absolute Gasteiger partial charge is 0.337 e. The number of amides is 2. The van der Waals surface area contributed by atoms with Crippen molar-refractivity contribution in [2.75, 3.05) is 13.1 Å². The molecule has 0 saturated heterocycles. The molecule has 24 heavy (non-hydrogen) atoms. The van der Waals surface area contributed by atoms with Gasteiger partial charge in [-0.15, -0.1) is 11.3 Å². The monoisotopic (exact) mass is 344 g/mol. The number of nitrogens with zero attached hydrogens (tertiary/aromatic N) is 2. The van der Waals surface area contributed by atoms with Crippen molar-refractivity contribution in [1.82, 2.24) is 20.5 Å². The number of hydrogen-bond donors (Lipinski definition) is 2. The zero-order valence-corrected chi connectivity index (χ0v) is 15.0. The predicted octanol–water partition coefficient (Wildman–Crippen LogP) is 2.95. The molecular formula is C18H24N4OS. The summed E-state index contributed by atoms with van der Waals surface area (Å²) in [6, 6.07) is 6.21. The number of hydrogen-bond acceptors (Lipinski definition) is 4. The molecule has 3 rings (SSSR count). The lowest BCUT2D eigenvalue weighted by molar-refractivity contribution is 0.185. The van der Waals surface area contributed by atoms with Gasteiger partial charge in [0.25, 0.3) is 0 Å². The molecule has 128 valence electrons. The van der Waals surface area contributed by atoms with Crippen molar-refractivity contribution in [1.29, 1.82) is 0 Å². The van der Waals surface area contributed by atoms with E-state index in [4.69, 9.17) is 0 Å². The maximum Gasteiger partial charge on any atom is 0.315 e. The molecule has 2 aromatic rings. The van der Waals surface area contributed by atoms with E-state index in [0.29, 0.717) is 12.6 Å². The van der Waals surface area contributed by atoms with Gasteiger partial charge in [-0.1, -0.05) is 0 Å². The molecule has 1 aliphatic heterocycles. The maximum atomic E-state index is 12.1. The van der Waals surface area contributed by atoms with Gasteiger partial charge < -0.3 is 10.6 Å². The molecule has 0 aromatic carbocycles. The van der Waals surface area contributed by atoms with E-state index in [1.807, 2.05) is 30.4 Å². The Morgan fingerprint density at radius 2 is 2.12 bits per heavy atom. The molecule has 2 aromatic heterocycles. The zero-order chi connectivity index (χ0) is 16.9. The first kappa shape index (κ1) is 16.9. The molecule has 3 heterocycles. The number of pyridine rings is 1. The fourth-order valence-electron chi connectivity index (χ4n) is 3.00. The molecule has 2 atom stereocenters. The van der Waals surface area contributed by atoms with Crippen LogP contribution in [0.2, 0.25) is 0 Å². The van der Waals surface area contributed by atoms with Gasteiger partial charge in [0.2, 0.25) is 0 Å². The van der Waals surface area contributed by atoms with Crippen molar-refractivity contribution >= 4 is 17.4 Å². The summed E-state index contributed by atoms with van der Waals surface area (Å²) in [5.41, 5.74) is 2.49. The third-order valence-electron chi connectivity index (χ3n) is 4.57. The summed E-state index contributed by atoms with van der Waals surface area (Å²) >= 11 is 1.85. The molecular weight excluding hydrogens is 320 g/mol. The highest BCUT2D eigenvalue weighted by Crippen LogP contribution is 2.24. The Labute approximate surface area is 147 Å². The summed E-state index contributed by atoms with van der Waals surface area (Å²) in [5.74, 6) is 0. The Balaban J connectivity index is 1.44. The van der Waals surface area contributed by atoms with E-state index in [2.05, 4.69) is 38.9 Å². The van der Waals surface area contributed by atoms with Crippen molar-refractivity contribution in [3.05, 3.63) is 52.0 Å². The van der Waals surface area contributed by atoms with Crippen LogP contribution in [0.5, 0.6) is 0 Å². The normalized spacial score (nSPS) is 16.9. The number of nitrogens with one attached hydrogen (secondary N) is 2.